The Kier molecular flexibility index (Phi) is 8.37. The molecule has 0 unspecified atom stereocenters. The van der Waals surface area contributed by atoms with Crippen molar-refractivity contribution in [2.75, 3.05) is 32.3 Å². The highest BCUT2D eigenvalue weighted by Crippen LogP contribution is 2.32. The minimum atomic E-state index is -4.69. The Morgan fingerprint density at radius 1 is 1.15 bits per heavy atom. The Bertz CT molecular complexity index is 1130. The summed E-state index contributed by atoms with van der Waals surface area (Å²) in [6, 6.07) is 7.55. The first-order valence-electron chi connectivity index (χ1n) is 10.3. The van der Waals surface area contributed by atoms with E-state index in [1.54, 1.807) is 18.2 Å². The minimum absolute atomic E-state index is 0.170. The van der Waals surface area contributed by atoms with Crippen molar-refractivity contribution in [2.24, 2.45) is 0 Å². The molecule has 1 aliphatic rings. The molecular weight excluding hydrogens is 493 g/mol. The molecule has 0 fully saturated rings. The van der Waals surface area contributed by atoms with Gasteiger partial charge in [-0.15, -0.1) is 0 Å². The Morgan fingerprint density at radius 2 is 1.85 bits per heavy atom. The molecule has 1 N–H and O–H groups in total. The van der Waals surface area contributed by atoms with E-state index in [2.05, 4.69) is 4.72 Å². The fourth-order valence-corrected chi connectivity index (χ4v) is 5.11. The number of amides is 1. The molecule has 0 spiro atoms. The van der Waals surface area contributed by atoms with Crippen molar-refractivity contribution in [3.05, 3.63) is 53.6 Å². The highest BCUT2D eigenvalue weighted by atomic mass is 32.2. The molecule has 2 aromatic rings. The largest absolute Gasteiger partial charge is 0.486 e. The topological polar surface area (TPSA) is 84.9 Å². The first-order valence-corrected chi connectivity index (χ1v) is 13.2. The van der Waals surface area contributed by atoms with Crippen LogP contribution in [-0.4, -0.2) is 57.5 Å². The number of alkyl halides is 3. The molecule has 0 aromatic heterocycles. The van der Waals surface area contributed by atoms with Crippen LogP contribution >= 0.6 is 11.8 Å². The van der Waals surface area contributed by atoms with Crippen LogP contribution < -0.4 is 14.2 Å². The van der Waals surface area contributed by atoms with E-state index in [-0.39, 0.29) is 13.0 Å². The van der Waals surface area contributed by atoms with Gasteiger partial charge in [-0.05, 0) is 54.3 Å². The lowest BCUT2D eigenvalue weighted by Gasteiger charge is -2.25. The number of nitrogens with zero attached hydrogens (tertiary/aromatic N) is 1. The third-order valence-electron chi connectivity index (χ3n) is 5.08. The number of carbonyl (C=O) groups is 1. The highest BCUT2D eigenvalue weighted by molar-refractivity contribution is 7.98. The lowest BCUT2D eigenvalue weighted by molar-refractivity contribution is -0.137. The van der Waals surface area contributed by atoms with Gasteiger partial charge in [-0.1, -0.05) is 12.1 Å². The fraction of sp³-hybridized carbons (Fsp3) is 0.409. The number of fused-ring (bicyclic) bond motifs is 1. The van der Waals surface area contributed by atoms with Crippen molar-refractivity contribution >= 4 is 27.7 Å². The van der Waals surface area contributed by atoms with Crippen LogP contribution in [0.15, 0.2) is 47.4 Å². The van der Waals surface area contributed by atoms with Crippen molar-refractivity contribution in [1.82, 2.24) is 9.62 Å². The molecule has 1 heterocycles. The highest BCUT2D eigenvalue weighted by Gasteiger charge is 2.33. The van der Waals surface area contributed by atoms with E-state index in [9.17, 15) is 26.4 Å². The van der Waals surface area contributed by atoms with Gasteiger partial charge < -0.3 is 14.4 Å². The number of hydrogen-bond acceptors (Lipinski definition) is 6. The maximum atomic E-state index is 13.1. The zero-order chi connectivity index (χ0) is 24.9. The molecular formula is C22H25F3N2O5S2. The van der Waals surface area contributed by atoms with Gasteiger partial charge >= 0.3 is 6.18 Å². The van der Waals surface area contributed by atoms with Gasteiger partial charge in [-0.25, -0.2) is 8.42 Å². The quantitative estimate of drug-likeness (QED) is 0.547. The second kappa shape index (κ2) is 10.9. The van der Waals surface area contributed by atoms with Crippen LogP contribution in [0.2, 0.25) is 0 Å². The van der Waals surface area contributed by atoms with E-state index >= 15 is 0 Å². The Hall–Kier alpha value is -2.44. The van der Waals surface area contributed by atoms with E-state index in [1.165, 1.54) is 23.7 Å². The molecule has 186 valence electrons. The molecule has 0 bridgehead atoms. The predicted molar refractivity (Wildman–Crippen MR) is 122 cm³/mol. The lowest BCUT2D eigenvalue weighted by Crippen LogP contribution is -2.47. The summed E-state index contributed by atoms with van der Waals surface area (Å²) >= 11 is 1.42. The van der Waals surface area contributed by atoms with Gasteiger partial charge in [0.2, 0.25) is 15.9 Å². The maximum absolute atomic E-state index is 13.1. The zero-order valence-electron chi connectivity index (χ0n) is 18.6. The van der Waals surface area contributed by atoms with Crippen LogP contribution in [0.3, 0.4) is 0 Å². The number of sulfonamides is 1. The van der Waals surface area contributed by atoms with Gasteiger partial charge in [0, 0.05) is 13.6 Å². The van der Waals surface area contributed by atoms with Gasteiger partial charge in [0.15, 0.2) is 11.5 Å². The van der Waals surface area contributed by atoms with Crippen LogP contribution in [0.25, 0.3) is 0 Å². The summed E-state index contributed by atoms with van der Waals surface area (Å²) in [4.78, 5) is 13.9. The average molecular weight is 519 g/mol. The van der Waals surface area contributed by atoms with Gasteiger partial charge in [-0.3, -0.25) is 4.79 Å². The van der Waals surface area contributed by atoms with Crippen molar-refractivity contribution in [1.29, 1.82) is 0 Å². The predicted octanol–water partition coefficient (Wildman–Crippen LogP) is 3.54. The third-order valence-corrected chi connectivity index (χ3v) is 7.19. The van der Waals surface area contributed by atoms with Gasteiger partial charge in [0.05, 0.1) is 10.5 Å². The number of hydrogen-bond donors (Lipinski definition) is 1. The summed E-state index contributed by atoms with van der Waals surface area (Å²) in [5.41, 5.74) is -0.331. The SMILES string of the molecule is CSCC[C@H](NS(=O)(=O)c1cccc(C(F)(F)F)c1)C(=O)N(C)Cc1ccc2c(c1)OCCO2. The monoisotopic (exact) mass is 518 g/mol. The number of thioether (sulfide) groups is 1. The normalized spacial score (nSPS) is 14.5. The first-order chi connectivity index (χ1) is 16.0. The molecule has 7 nitrogen and oxygen atoms in total. The Balaban J connectivity index is 1.77. The van der Waals surface area contributed by atoms with E-state index in [0.717, 1.165) is 23.8 Å². The van der Waals surface area contributed by atoms with Crippen LogP contribution in [0.1, 0.15) is 17.5 Å². The molecule has 0 saturated heterocycles. The van der Waals surface area contributed by atoms with Crippen molar-refractivity contribution in [3.63, 3.8) is 0 Å². The maximum Gasteiger partial charge on any atom is 0.416 e. The molecule has 12 heteroatoms. The number of ether oxygens (including phenoxy) is 2. The van der Waals surface area contributed by atoms with Crippen molar-refractivity contribution in [2.45, 2.75) is 30.1 Å². The molecule has 3 rings (SSSR count). The van der Waals surface area contributed by atoms with Gasteiger partial charge in [-0.2, -0.15) is 29.7 Å². The van der Waals surface area contributed by atoms with Crippen LogP contribution in [0, 0.1) is 0 Å². The van der Waals surface area contributed by atoms with Gasteiger partial charge in [0.25, 0.3) is 0 Å². The first kappa shape index (κ1) is 26.2. The fourth-order valence-electron chi connectivity index (χ4n) is 3.37. The minimum Gasteiger partial charge on any atom is -0.486 e. The Morgan fingerprint density at radius 3 is 2.53 bits per heavy atom. The number of nitrogens with one attached hydrogen (secondary N) is 1. The van der Waals surface area contributed by atoms with Crippen LogP contribution in [-0.2, 0) is 27.5 Å². The second-order valence-corrected chi connectivity index (χ2v) is 10.4. The van der Waals surface area contributed by atoms with E-state index in [0.29, 0.717) is 36.5 Å². The number of benzene rings is 2. The summed E-state index contributed by atoms with van der Waals surface area (Å²) in [6.45, 7) is 1.05. The standard InChI is InChI=1S/C22H25F3N2O5S2/c1-27(14-15-6-7-19-20(12-15)32-10-9-31-19)21(28)18(8-11-33-2)26-34(29,30)17-5-3-4-16(13-17)22(23,24)25/h3-7,12-13,18,26H,8-11,14H2,1-2H3/t18-/m0/s1. The summed E-state index contributed by atoms with van der Waals surface area (Å²) in [5, 5.41) is 0. The molecule has 2 aromatic carbocycles. The molecule has 0 radical (unpaired) electrons. The summed E-state index contributed by atoms with van der Waals surface area (Å²) < 4.78 is 78.1. The lowest BCUT2D eigenvalue weighted by atomic mass is 10.1. The summed E-state index contributed by atoms with van der Waals surface area (Å²) in [6.07, 6.45) is -2.71. The van der Waals surface area contributed by atoms with Crippen LogP contribution in [0.4, 0.5) is 13.2 Å². The molecule has 1 atom stereocenters. The smallest absolute Gasteiger partial charge is 0.416 e. The number of rotatable bonds is 9. The third kappa shape index (κ3) is 6.57. The number of carbonyl (C=O) groups excluding carboxylic acids is 1. The molecule has 1 aliphatic heterocycles. The van der Waals surface area contributed by atoms with Crippen LogP contribution in [0.5, 0.6) is 11.5 Å². The average Bonchev–Trinajstić information content (AvgIpc) is 2.80. The summed E-state index contributed by atoms with van der Waals surface area (Å²) in [7, 11) is -2.85. The van der Waals surface area contributed by atoms with Crippen molar-refractivity contribution < 1.29 is 35.9 Å². The van der Waals surface area contributed by atoms with Gasteiger partial charge in [0.1, 0.15) is 19.3 Å². The Labute approximate surface area is 200 Å². The number of likely N-dealkylation sites (N-methyl/N-ethyl adjacent to an activating group) is 1. The summed E-state index contributed by atoms with van der Waals surface area (Å²) in [5.74, 6) is 1.14. The van der Waals surface area contributed by atoms with E-state index in [1.807, 2.05) is 6.26 Å². The second-order valence-electron chi connectivity index (χ2n) is 7.65. The molecule has 34 heavy (non-hydrogen) atoms. The molecule has 0 aliphatic carbocycles. The number of halogens is 3. The molecule has 0 saturated carbocycles. The van der Waals surface area contributed by atoms with E-state index in [4.69, 9.17) is 9.47 Å². The van der Waals surface area contributed by atoms with E-state index < -0.39 is 38.6 Å². The zero-order valence-corrected chi connectivity index (χ0v) is 20.2. The molecule has 1 amide bonds. The van der Waals surface area contributed by atoms with Crippen molar-refractivity contribution in [3.8, 4) is 11.5 Å².